The van der Waals surface area contributed by atoms with Gasteiger partial charge in [0.2, 0.25) is 5.78 Å². The highest BCUT2D eigenvalue weighted by atomic mass is 16.5. The summed E-state index contributed by atoms with van der Waals surface area (Å²) in [4.78, 5) is 25.0. The largest absolute Gasteiger partial charge is 0.496 e. The molecule has 136 valence electrons. The van der Waals surface area contributed by atoms with E-state index in [1.165, 1.54) is 7.11 Å². The first kappa shape index (κ1) is 18.2. The van der Waals surface area contributed by atoms with Gasteiger partial charge in [-0.25, -0.2) is 0 Å². The minimum Gasteiger partial charge on any atom is -0.496 e. The fourth-order valence-corrected chi connectivity index (χ4v) is 2.60. The lowest BCUT2D eigenvalue weighted by Crippen LogP contribution is -2.17. The molecule has 0 unspecified atom stereocenters. The summed E-state index contributed by atoms with van der Waals surface area (Å²) < 4.78 is 10.9. The zero-order valence-electron chi connectivity index (χ0n) is 14.8. The van der Waals surface area contributed by atoms with Crippen molar-refractivity contribution in [2.45, 2.75) is 0 Å². The summed E-state index contributed by atoms with van der Waals surface area (Å²) in [6, 6.07) is 22.9. The predicted molar refractivity (Wildman–Crippen MR) is 104 cm³/mol. The number of ether oxygens (including phenoxy) is 2. The minimum absolute atomic E-state index is 0.198. The molecule has 27 heavy (non-hydrogen) atoms. The van der Waals surface area contributed by atoms with Gasteiger partial charge in [0.25, 0.3) is 5.91 Å². The molecule has 0 aliphatic rings. The molecule has 5 nitrogen and oxygen atoms in total. The van der Waals surface area contributed by atoms with Crippen LogP contribution in [0.1, 0.15) is 20.7 Å². The molecular formula is C22H19NO4. The molecule has 0 heterocycles. The minimum atomic E-state index is -0.304. The van der Waals surface area contributed by atoms with Crippen LogP contribution >= 0.6 is 0 Å². The van der Waals surface area contributed by atoms with E-state index in [0.717, 1.165) is 0 Å². The topological polar surface area (TPSA) is 64.6 Å². The van der Waals surface area contributed by atoms with Crippen LogP contribution in [0.4, 0.5) is 5.69 Å². The number of nitrogens with one attached hydrogen (secondary N) is 1. The van der Waals surface area contributed by atoms with Crippen LogP contribution in [0.2, 0.25) is 0 Å². The molecule has 0 atom stereocenters. The van der Waals surface area contributed by atoms with E-state index in [4.69, 9.17) is 9.47 Å². The zero-order chi connectivity index (χ0) is 19.1. The van der Waals surface area contributed by atoms with Crippen molar-refractivity contribution in [3.8, 4) is 11.5 Å². The number of methoxy groups -OCH3 is 1. The van der Waals surface area contributed by atoms with Gasteiger partial charge in [0.05, 0.1) is 18.2 Å². The third-order valence-corrected chi connectivity index (χ3v) is 3.93. The molecule has 0 spiro atoms. The quantitative estimate of drug-likeness (QED) is 0.640. The van der Waals surface area contributed by atoms with E-state index in [0.29, 0.717) is 28.3 Å². The molecule has 0 aliphatic heterocycles. The van der Waals surface area contributed by atoms with Gasteiger partial charge >= 0.3 is 0 Å². The van der Waals surface area contributed by atoms with Crippen LogP contribution in [0.5, 0.6) is 11.5 Å². The Morgan fingerprint density at radius 3 is 2.07 bits per heavy atom. The molecule has 1 N–H and O–H groups in total. The van der Waals surface area contributed by atoms with Crippen LogP contribution in [0, 0.1) is 0 Å². The van der Waals surface area contributed by atoms with E-state index in [-0.39, 0.29) is 18.3 Å². The maximum absolute atomic E-state index is 12.6. The average Bonchev–Trinajstić information content (AvgIpc) is 2.73. The van der Waals surface area contributed by atoms with E-state index in [1.54, 1.807) is 60.7 Å². The summed E-state index contributed by atoms with van der Waals surface area (Å²) in [5, 5.41) is 2.81. The first-order chi connectivity index (χ1) is 13.2. The van der Waals surface area contributed by atoms with Crippen molar-refractivity contribution in [2.24, 2.45) is 0 Å². The summed E-state index contributed by atoms with van der Waals surface area (Å²) >= 11 is 0. The second-order valence-electron chi connectivity index (χ2n) is 5.73. The molecule has 3 aromatic rings. The van der Waals surface area contributed by atoms with E-state index >= 15 is 0 Å². The van der Waals surface area contributed by atoms with Gasteiger partial charge < -0.3 is 14.8 Å². The number of para-hydroxylation sites is 3. The lowest BCUT2D eigenvalue weighted by atomic mass is 10.1. The van der Waals surface area contributed by atoms with Gasteiger partial charge in [-0.3, -0.25) is 9.59 Å². The maximum atomic E-state index is 12.6. The summed E-state index contributed by atoms with van der Waals surface area (Å²) in [6.45, 7) is -0.198. The fourth-order valence-electron chi connectivity index (χ4n) is 2.60. The number of amides is 1. The molecule has 0 saturated carbocycles. The van der Waals surface area contributed by atoms with Crippen LogP contribution in [-0.4, -0.2) is 25.4 Å². The number of carbonyl (C=O) groups is 2. The Labute approximate surface area is 157 Å². The van der Waals surface area contributed by atoms with E-state index < -0.39 is 0 Å². The Morgan fingerprint density at radius 1 is 0.778 bits per heavy atom. The van der Waals surface area contributed by atoms with Gasteiger partial charge in [-0.2, -0.15) is 0 Å². The number of ketones is 1. The third kappa shape index (κ3) is 4.52. The van der Waals surface area contributed by atoms with Crippen molar-refractivity contribution < 1.29 is 19.1 Å². The number of carbonyl (C=O) groups excluding carboxylic acids is 2. The SMILES string of the molecule is COc1ccccc1C(=O)COc1ccccc1C(=O)Nc1ccccc1. The Hall–Kier alpha value is -3.60. The number of Topliss-reactive ketones (excluding diaryl/α,β-unsaturated/α-hetero) is 1. The second-order valence-corrected chi connectivity index (χ2v) is 5.73. The smallest absolute Gasteiger partial charge is 0.259 e. The van der Waals surface area contributed by atoms with E-state index in [9.17, 15) is 9.59 Å². The van der Waals surface area contributed by atoms with Crippen molar-refractivity contribution in [3.05, 3.63) is 90.0 Å². The van der Waals surface area contributed by atoms with Crippen molar-refractivity contribution in [3.63, 3.8) is 0 Å². The lowest BCUT2D eigenvalue weighted by Gasteiger charge is -2.12. The predicted octanol–water partition coefficient (Wildman–Crippen LogP) is 4.21. The van der Waals surface area contributed by atoms with E-state index in [2.05, 4.69) is 5.32 Å². The molecule has 3 rings (SSSR count). The molecule has 0 aliphatic carbocycles. The van der Waals surface area contributed by atoms with Crippen LogP contribution in [0.15, 0.2) is 78.9 Å². The lowest BCUT2D eigenvalue weighted by molar-refractivity contribution is 0.0911. The molecule has 1 amide bonds. The zero-order valence-corrected chi connectivity index (χ0v) is 14.8. The van der Waals surface area contributed by atoms with Gasteiger partial charge in [0.1, 0.15) is 11.5 Å². The first-order valence-electron chi connectivity index (χ1n) is 8.43. The Morgan fingerprint density at radius 2 is 1.37 bits per heavy atom. The van der Waals surface area contributed by atoms with Gasteiger partial charge in [0.15, 0.2) is 6.61 Å². The van der Waals surface area contributed by atoms with Crippen LogP contribution in [-0.2, 0) is 0 Å². The summed E-state index contributed by atoms with van der Waals surface area (Å²) in [7, 11) is 1.51. The number of hydrogen-bond acceptors (Lipinski definition) is 4. The monoisotopic (exact) mass is 361 g/mol. The summed E-state index contributed by atoms with van der Waals surface area (Å²) in [6.07, 6.45) is 0. The maximum Gasteiger partial charge on any atom is 0.259 e. The number of anilines is 1. The highest BCUT2D eigenvalue weighted by Crippen LogP contribution is 2.22. The second kappa shape index (κ2) is 8.67. The molecule has 0 saturated heterocycles. The average molecular weight is 361 g/mol. The number of hydrogen-bond donors (Lipinski definition) is 1. The first-order valence-corrected chi connectivity index (χ1v) is 8.43. The molecule has 0 fully saturated rings. The van der Waals surface area contributed by atoms with Crippen LogP contribution in [0.3, 0.4) is 0 Å². The van der Waals surface area contributed by atoms with Crippen molar-refractivity contribution >= 4 is 17.4 Å². The summed E-state index contributed by atoms with van der Waals surface area (Å²) in [5.41, 5.74) is 1.47. The van der Waals surface area contributed by atoms with Crippen LogP contribution in [0.25, 0.3) is 0 Å². The highest BCUT2D eigenvalue weighted by molar-refractivity contribution is 6.06. The van der Waals surface area contributed by atoms with Gasteiger partial charge in [-0.05, 0) is 36.4 Å². The Balaban J connectivity index is 1.72. The molecule has 0 aromatic heterocycles. The van der Waals surface area contributed by atoms with Crippen LogP contribution < -0.4 is 14.8 Å². The van der Waals surface area contributed by atoms with Crippen molar-refractivity contribution in [1.29, 1.82) is 0 Å². The molecule has 0 radical (unpaired) electrons. The molecule has 3 aromatic carbocycles. The van der Waals surface area contributed by atoms with Gasteiger partial charge in [-0.15, -0.1) is 0 Å². The highest BCUT2D eigenvalue weighted by Gasteiger charge is 2.16. The summed E-state index contributed by atoms with van der Waals surface area (Å²) in [5.74, 6) is 0.294. The number of rotatable bonds is 7. The Kier molecular flexibility index (Phi) is 5.84. The molecule has 0 bridgehead atoms. The normalized spacial score (nSPS) is 10.1. The molecule has 5 heteroatoms. The van der Waals surface area contributed by atoms with E-state index in [1.807, 2.05) is 18.2 Å². The van der Waals surface area contributed by atoms with Crippen molar-refractivity contribution in [2.75, 3.05) is 19.0 Å². The standard InChI is InChI=1S/C22H19NO4/c1-26-20-13-7-5-11-17(20)19(24)15-27-21-14-8-6-12-18(21)22(25)23-16-9-3-2-4-10-16/h2-14H,15H2,1H3,(H,23,25). The fraction of sp³-hybridized carbons (Fsp3) is 0.0909. The van der Waals surface area contributed by atoms with Gasteiger partial charge in [-0.1, -0.05) is 42.5 Å². The molecular weight excluding hydrogens is 342 g/mol. The Bertz CT molecular complexity index is 938. The van der Waals surface area contributed by atoms with Crippen molar-refractivity contribution in [1.82, 2.24) is 0 Å². The van der Waals surface area contributed by atoms with Gasteiger partial charge in [0, 0.05) is 5.69 Å². The third-order valence-electron chi connectivity index (χ3n) is 3.93. The number of benzene rings is 3.